The zero-order valence-electron chi connectivity index (χ0n) is 17.9. The summed E-state index contributed by atoms with van der Waals surface area (Å²) >= 11 is 0. The van der Waals surface area contributed by atoms with Crippen molar-refractivity contribution in [1.29, 1.82) is 0 Å². The molecule has 0 aliphatic carbocycles. The maximum Gasteiger partial charge on any atom is 0.332 e. The minimum absolute atomic E-state index is 0.144. The van der Waals surface area contributed by atoms with Crippen molar-refractivity contribution in [2.75, 3.05) is 33.9 Å². The first-order valence-electron chi connectivity index (χ1n) is 9.61. The van der Waals surface area contributed by atoms with Gasteiger partial charge in [-0.3, -0.25) is 14.4 Å². The number of carbonyl (C=O) groups is 4. The average Bonchev–Trinajstić information content (AvgIpc) is 2.61. The van der Waals surface area contributed by atoms with Gasteiger partial charge in [0.25, 0.3) is 0 Å². The van der Waals surface area contributed by atoms with Crippen LogP contribution in [-0.4, -0.2) is 79.5 Å². The van der Waals surface area contributed by atoms with Crippen molar-refractivity contribution in [3.05, 3.63) is 0 Å². The molecule has 0 radical (unpaired) electrons. The molecule has 0 aromatic heterocycles. The van der Waals surface area contributed by atoms with Crippen LogP contribution in [0.5, 0.6) is 0 Å². The standard InChI is InChI=1S/C19H35N3O6/c1-7-9-16(23)21(5)15(11-27-12-17(24)28-8-2)19(26)22(6)14(18(20)25)10-13(3)4/h13-15H,7-12H2,1-6H3,(H2,20,25)/t14-,15+/m0/s1. The largest absolute Gasteiger partial charge is 0.464 e. The van der Waals surface area contributed by atoms with Gasteiger partial charge in [-0.2, -0.15) is 0 Å². The van der Waals surface area contributed by atoms with Gasteiger partial charge in [-0.1, -0.05) is 20.8 Å². The number of nitrogens with zero attached hydrogens (tertiary/aromatic N) is 2. The second-order valence-corrected chi connectivity index (χ2v) is 7.09. The lowest BCUT2D eigenvalue weighted by Crippen LogP contribution is -2.55. The van der Waals surface area contributed by atoms with Gasteiger partial charge in [-0.15, -0.1) is 0 Å². The van der Waals surface area contributed by atoms with Crippen LogP contribution in [0, 0.1) is 5.92 Å². The molecule has 0 rings (SSSR count). The zero-order valence-corrected chi connectivity index (χ0v) is 17.9. The fourth-order valence-electron chi connectivity index (χ4n) is 2.67. The van der Waals surface area contributed by atoms with Crippen LogP contribution in [0.2, 0.25) is 0 Å². The molecule has 9 heteroatoms. The summed E-state index contributed by atoms with van der Waals surface area (Å²) in [5.41, 5.74) is 5.47. The molecule has 0 aliphatic heterocycles. The van der Waals surface area contributed by atoms with E-state index in [0.717, 1.165) is 0 Å². The van der Waals surface area contributed by atoms with Gasteiger partial charge in [0.2, 0.25) is 17.7 Å². The Morgan fingerprint density at radius 2 is 1.61 bits per heavy atom. The van der Waals surface area contributed by atoms with Crippen LogP contribution in [-0.2, 0) is 28.7 Å². The van der Waals surface area contributed by atoms with Crippen molar-refractivity contribution in [3.63, 3.8) is 0 Å². The molecule has 0 spiro atoms. The van der Waals surface area contributed by atoms with Crippen LogP contribution in [0.15, 0.2) is 0 Å². The van der Waals surface area contributed by atoms with Crippen LogP contribution in [0.4, 0.5) is 0 Å². The van der Waals surface area contributed by atoms with E-state index in [4.69, 9.17) is 15.2 Å². The lowest BCUT2D eigenvalue weighted by Gasteiger charge is -2.34. The quantitative estimate of drug-likeness (QED) is 0.450. The minimum atomic E-state index is -0.979. The predicted octanol–water partition coefficient (Wildman–Crippen LogP) is 0.552. The Morgan fingerprint density at radius 3 is 2.07 bits per heavy atom. The molecular weight excluding hydrogens is 366 g/mol. The van der Waals surface area contributed by atoms with Gasteiger partial charge in [0.05, 0.1) is 13.2 Å². The SMILES string of the molecule is CCCC(=O)N(C)[C@H](COCC(=O)OCC)C(=O)N(C)[C@@H](CC(C)C)C(N)=O. The highest BCUT2D eigenvalue weighted by Gasteiger charge is 2.34. The summed E-state index contributed by atoms with van der Waals surface area (Å²) < 4.78 is 10.1. The number of primary amides is 1. The average molecular weight is 402 g/mol. The van der Waals surface area contributed by atoms with E-state index in [9.17, 15) is 19.2 Å². The summed E-state index contributed by atoms with van der Waals surface area (Å²) in [6.07, 6.45) is 1.30. The Morgan fingerprint density at radius 1 is 1.00 bits per heavy atom. The van der Waals surface area contributed by atoms with Crippen molar-refractivity contribution < 1.29 is 28.7 Å². The lowest BCUT2D eigenvalue weighted by atomic mass is 10.0. The summed E-state index contributed by atoms with van der Waals surface area (Å²) in [7, 11) is 2.99. The van der Waals surface area contributed by atoms with E-state index in [1.165, 1.54) is 23.9 Å². The van der Waals surface area contributed by atoms with Gasteiger partial charge in [0.15, 0.2) is 0 Å². The molecule has 28 heavy (non-hydrogen) atoms. The monoisotopic (exact) mass is 401 g/mol. The summed E-state index contributed by atoms with van der Waals surface area (Å²) in [5.74, 6) is -1.72. The van der Waals surface area contributed by atoms with Crippen molar-refractivity contribution in [2.45, 2.75) is 59.0 Å². The molecule has 0 bridgehead atoms. The van der Waals surface area contributed by atoms with Gasteiger partial charge < -0.3 is 25.0 Å². The summed E-state index contributed by atoms with van der Waals surface area (Å²) in [6.45, 7) is 7.07. The van der Waals surface area contributed by atoms with Gasteiger partial charge in [-0.05, 0) is 25.7 Å². The van der Waals surface area contributed by atoms with Crippen molar-refractivity contribution >= 4 is 23.7 Å². The summed E-state index contributed by atoms with van der Waals surface area (Å²) in [5, 5.41) is 0. The predicted molar refractivity (Wildman–Crippen MR) is 104 cm³/mol. The number of carbonyl (C=O) groups excluding carboxylic acids is 4. The van der Waals surface area contributed by atoms with Crippen molar-refractivity contribution in [3.8, 4) is 0 Å². The van der Waals surface area contributed by atoms with E-state index in [1.54, 1.807) is 6.92 Å². The number of likely N-dealkylation sites (N-methyl/N-ethyl adjacent to an activating group) is 2. The van der Waals surface area contributed by atoms with E-state index in [1.807, 2.05) is 20.8 Å². The second-order valence-electron chi connectivity index (χ2n) is 7.09. The molecule has 0 heterocycles. The third-order valence-electron chi connectivity index (χ3n) is 4.25. The Kier molecular flexibility index (Phi) is 12.1. The Balaban J connectivity index is 5.38. The highest BCUT2D eigenvalue weighted by molar-refractivity contribution is 5.91. The zero-order chi connectivity index (χ0) is 21.9. The van der Waals surface area contributed by atoms with Gasteiger partial charge in [0.1, 0.15) is 18.7 Å². The van der Waals surface area contributed by atoms with Gasteiger partial charge in [0, 0.05) is 20.5 Å². The molecule has 0 saturated carbocycles. The molecule has 2 atom stereocenters. The van der Waals surface area contributed by atoms with Gasteiger partial charge in [-0.25, -0.2) is 4.79 Å². The van der Waals surface area contributed by atoms with Crippen molar-refractivity contribution in [2.24, 2.45) is 11.7 Å². The van der Waals surface area contributed by atoms with Gasteiger partial charge >= 0.3 is 5.97 Å². The number of rotatable bonds is 13. The second kappa shape index (κ2) is 13.1. The molecule has 0 aromatic rings. The molecule has 9 nitrogen and oxygen atoms in total. The molecule has 0 aromatic carbocycles. The fraction of sp³-hybridized carbons (Fsp3) is 0.789. The van der Waals surface area contributed by atoms with E-state index in [-0.39, 0.29) is 38.1 Å². The van der Waals surface area contributed by atoms with Crippen LogP contribution >= 0.6 is 0 Å². The normalized spacial score (nSPS) is 13.0. The molecule has 0 aliphatic rings. The Labute approximate surface area is 167 Å². The third-order valence-corrected chi connectivity index (χ3v) is 4.25. The van der Waals surface area contributed by atoms with Crippen molar-refractivity contribution in [1.82, 2.24) is 9.80 Å². The molecule has 0 unspecified atom stereocenters. The van der Waals surface area contributed by atoms with E-state index in [2.05, 4.69) is 0 Å². The first-order chi connectivity index (χ1) is 13.1. The van der Waals surface area contributed by atoms with E-state index in [0.29, 0.717) is 12.8 Å². The maximum atomic E-state index is 13.1. The third kappa shape index (κ3) is 8.69. The smallest absolute Gasteiger partial charge is 0.332 e. The molecule has 0 fully saturated rings. The first kappa shape index (κ1) is 25.8. The summed E-state index contributed by atoms with van der Waals surface area (Å²) in [4.78, 5) is 51.2. The number of ether oxygens (including phenoxy) is 2. The number of amides is 3. The minimum Gasteiger partial charge on any atom is -0.464 e. The molecule has 2 N–H and O–H groups in total. The molecule has 3 amide bonds. The Hall–Kier alpha value is -2.16. The maximum absolute atomic E-state index is 13.1. The number of hydrogen-bond donors (Lipinski definition) is 1. The number of esters is 1. The summed E-state index contributed by atoms with van der Waals surface area (Å²) in [6, 6.07) is -1.78. The fourth-order valence-corrected chi connectivity index (χ4v) is 2.67. The van der Waals surface area contributed by atoms with Crippen LogP contribution in [0.3, 0.4) is 0 Å². The molecule has 0 saturated heterocycles. The highest BCUT2D eigenvalue weighted by Crippen LogP contribution is 2.14. The number of hydrogen-bond acceptors (Lipinski definition) is 6. The highest BCUT2D eigenvalue weighted by atomic mass is 16.6. The van der Waals surface area contributed by atoms with Crippen LogP contribution < -0.4 is 5.73 Å². The van der Waals surface area contributed by atoms with Crippen LogP contribution in [0.25, 0.3) is 0 Å². The number of nitrogens with two attached hydrogens (primary N) is 1. The lowest BCUT2D eigenvalue weighted by molar-refractivity contribution is -0.154. The first-order valence-corrected chi connectivity index (χ1v) is 9.61. The van der Waals surface area contributed by atoms with E-state index < -0.39 is 29.9 Å². The molecule has 162 valence electrons. The Bertz CT molecular complexity index is 538. The van der Waals surface area contributed by atoms with E-state index >= 15 is 0 Å². The molecular formula is C19H35N3O6. The van der Waals surface area contributed by atoms with Crippen LogP contribution in [0.1, 0.15) is 47.0 Å². The topological polar surface area (TPSA) is 119 Å².